The Morgan fingerprint density at radius 3 is 2.74 bits per heavy atom. The predicted molar refractivity (Wildman–Crippen MR) is 84.1 cm³/mol. The van der Waals surface area contributed by atoms with Crippen LogP contribution in [0, 0.1) is 0 Å². The molecule has 0 aliphatic heterocycles. The van der Waals surface area contributed by atoms with Crippen LogP contribution in [0.4, 0.5) is 0 Å². The number of thiophene rings is 1. The minimum Gasteiger partial charge on any atom is -0.377 e. The Bertz CT molecular complexity index is 532. The Morgan fingerprint density at radius 1 is 1.32 bits per heavy atom. The number of benzene rings is 1. The van der Waals surface area contributed by atoms with Crippen LogP contribution in [0.2, 0.25) is 0 Å². The zero-order chi connectivity index (χ0) is 13.9. The average Bonchev–Trinajstić information content (AvgIpc) is 2.82. The first kappa shape index (κ1) is 14.5. The van der Waals surface area contributed by atoms with E-state index in [2.05, 4.69) is 55.7 Å². The van der Waals surface area contributed by atoms with E-state index in [-0.39, 0.29) is 5.60 Å². The molecule has 0 spiro atoms. The summed E-state index contributed by atoms with van der Waals surface area (Å²) in [6, 6.07) is 8.93. The average molecular weight is 277 g/mol. The number of ether oxygens (including phenoxy) is 1. The second-order valence-electron chi connectivity index (χ2n) is 5.38. The Kier molecular flexibility index (Phi) is 4.61. The minimum absolute atomic E-state index is 0.168. The van der Waals surface area contributed by atoms with E-state index in [1.807, 2.05) is 11.3 Å². The fraction of sp³-hybridized carbons (Fsp3) is 0.500. The van der Waals surface area contributed by atoms with Crippen LogP contribution in [-0.4, -0.2) is 25.3 Å². The lowest BCUT2D eigenvalue weighted by atomic mass is 9.92. The van der Waals surface area contributed by atoms with Crippen LogP contribution in [0.1, 0.15) is 26.3 Å². The fourth-order valence-electron chi connectivity index (χ4n) is 2.36. The summed E-state index contributed by atoms with van der Waals surface area (Å²) in [6.45, 7) is 7.40. The van der Waals surface area contributed by atoms with Crippen LogP contribution in [0.15, 0.2) is 29.6 Å². The summed E-state index contributed by atoms with van der Waals surface area (Å²) in [7, 11) is 1.79. The first-order chi connectivity index (χ1) is 9.08. The second kappa shape index (κ2) is 6.04. The van der Waals surface area contributed by atoms with Gasteiger partial charge in [0.15, 0.2) is 0 Å². The van der Waals surface area contributed by atoms with E-state index in [9.17, 15) is 0 Å². The summed E-state index contributed by atoms with van der Waals surface area (Å²) in [6.07, 6.45) is 0.999. The van der Waals surface area contributed by atoms with Gasteiger partial charge in [-0.3, -0.25) is 0 Å². The molecule has 0 fully saturated rings. The third-order valence-electron chi connectivity index (χ3n) is 3.80. The van der Waals surface area contributed by atoms with Crippen molar-refractivity contribution in [1.29, 1.82) is 0 Å². The van der Waals surface area contributed by atoms with Gasteiger partial charge < -0.3 is 10.1 Å². The van der Waals surface area contributed by atoms with Crippen molar-refractivity contribution in [2.75, 3.05) is 13.7 Å². The summed E-state index contributed by atoms with van der Waals surface area (Å²) >= 11 is 1.82. The molecule has 0 amide bonds. The molecule has 2 rings (SSSR count). The van der Waals surface area contributed by atoms with Crippen molar-refractivity contribution < 1.29 is 4.74 Å². The maximum absolute atomic E-state index is 5.65. The SMILES string of the molecule is CCNC(Cc1csc2ccccc12)C(C)(C)OC. The summed E-state index contributed by atoms with van der Waals surface area (Å²) in [5.74, 6) is 0. The number of hydrogen-bond acceptors (Lipinski definition) is 3. The first-order valence-electron chi connectivity index (χ1n) is 6.82. The van der Waals surface area contributed by atoms with Gasteiger partial charge >= 0.3 is 0 Å². The maximum atomic E-state index is 5.65. The van der Waals surface area contributed by atoms with Gasteiger partial charge in [0, 0.05) is 17.9 Å². The molecule has 1 heterocycles. The van der Waals surface area contributed by atoms with Crippen LogP contribution >= 0.6 is 11.3 Å². The lowest BCUT2D eigenvalue weighted by molar-refractivity contribution is -0.00949. The fourth-order valence-corrected chi connectivity index (χ4v) is 3.34. The van der Waals surface area contributed by atoms with Gasteiger partial charge in [0.1, 0.15) is 0 Å². The molecular weight excluding hydrogens is 254 g/mol. The standard InChI is InChI=1S/C16H23NOS/c1-5-17-15(16(2,3)18-4)10-12-11-19-14-9-7-6-8-13(12)14/h6-9,11,15,17H,5,10H2,1-4H3. The highest BCUT2D eigenvalue weighted by Crippen LogP contribution is 2.28. The minimum atomic E-state index is -0.168. The van der Waals surface area contributed by atoms with Crippen LogP contribution in [0.3, 0.4) is 0 Å². The molecule has 1 N–H and O–H groups in total. The number of likely N-dealkylation sites (N-methyl/N-ethyl adjacent to an activating group) is 1. The number of rotatable bonds is 6. The van der Waals surface area contributed by atoms with Gasteiger partial charge in [-0.05, 0) is 49.2 Å². The van der Waals surface area contributed by atoms with E-state index in [1.165, 1.54) is 15.6 Å². The van der Waals surface area contributed by atoms with Crippen LogP contribution in [0.5, 0.6) is 0 Å². The lowest BCUT2D eigenvalue weighted by Crippen LogP contribution is -2.49. The molecule has 0 saturated heterocycles. The topological polar surface area (TPSA) is 21.3 Å². The zero-order valence-electron chi connectivity index (χ0n) is 12.2. The lowest BCUT2D eigenvalue weighted by Gasteiger charge is -2.33. The third kappa shape index (κ3) is 3.16. The summed E-state index contributed by atoms with van der Waals surface area (Å²) < 4.78 is 7.02. The van der Waals surface area contributed by atoms with Crippen molar-refractivity contribution in [3.05, 3.63) is 35.2 Å². The molecule has 3 heteroatoms. The van der Waals surface area contributed by atoms with Crippen molar-refractivity contribution in [3.63, 3.8) is 0 Å². The molecular formula is C16H23NOS. The van der Waals surface area contributed by atoms with Crippen molar-refractivity contribution in [1.82, 2.24) is 5.32 Å². The molecule has 2 nitrogen and oxygen atoms in total. The molecule has 2 aromatic rings. The molecule has 104 valence electrons. The van der Waals surface area contributed by atoms with Crippen molar-refractivity contribution in [2.24, 2.45) is 0 Å². The predicted octanol–water partition coefficient (Wildman–Crippen LogP) is 3.85. The van der Waals surface area contributed by atoms with Gasteiger partial charge in [-0.25, -0.2) is 0 Å². The smallest absolute Gasteiger partial charge is 0.0778 e. The van der Waals surface area contributed by atoms with Crippen LogP contribution < -0.4 is 5.32 Å². The van der Waals surface area contributed by atoms with Crippen molar-refractivity contribution in [2.45, 2.75) is 38.8 Å². The number of hydrogen-bond donors (Lipinski definition) is 1. The second-order valence-corrected chi connectivity index (χ2v) is 6.29. The van der Waals surface area contributed by atoms with Gasteiger partial charge in [-0.1, -0.05) is 25.1 Å². The molecule has 1 aromatic heterocycles. The normalized spacial score (nSPS) is 13.9. The molecule has 1 unspecified atom stereocenters. The van der Waals surface area contributed by atoms with Gasteiger partial charge in [0.05, 0.1) is 5.60 Å². The third-order valence-corrected chi connectivity index (χ3v) is 4.81. The molecule has 0 aliphatic carbocycles. The Balaban J connectivity index is 2.26. The molecule has 0 saturated carbocycles. The van der Waals surface area contributed by atoms with E-state index in [1.54, 1.807) is 7.11 Å². The highest BCUT2D eigenvalue weighted by atomic mass is 32.1. The Hall–Kier alpha value is -0.900. The van der Waals surface area contributed by atoms with E-state index in [0.29, 0.717) is 6.04 Å². The van der Waals surface area contributed by atoms with Crippen LogP contribution in [-0.2, 0) is 11.2 Å². The quantitative estimate of drug-likeness (QED) is 0.866. The molecule has 0 bridgehead atoms. The summed E-state index contributed by atoms with van der Waals surface area (Å²) in [5.41, 5.74) is 1.25. The van der Waals surface area contributed by atoms with E-state index < -0.39 is 0 Å². The van der Waals surface area contributed by atoms with Crippen LogP contribution in [0.25, 0.3) is 10.1 Å². The molecule has 0 radical (unpaired) electrons. The monoisotopic (exact) mass is 277 g/mol. The van der Waals surface area contributed by atoms with Gasteiger partial charge in [0.2, 0.25) is 0 Å². The van der Waals surface area contributed by atoms with E-state index in [0.717, 1.165) is 13.0 Å². The highest BCUT2D eigenvalue weighted by molar-refractivity contribution is 7.17. The summed E-state index contributed by atoms with van der Waals surface area (Å²) in [4.78, 5) is 0. The maximum Gasteiger partial charge on any atom is 0.0778 e. The number of nitrogens with one attached hydrogen (secondary N) is 1. The Morgan fingerprint density at radius 2 is 2.05 bits per heavy atom. The highest BCUT2D eigenvalue weighted by Gasteiger charge is 2.29. The van der Waals surface area contributed by atoms with Gasteiger partial charge in [-0.15, -0.1) is 11.3 Å². The van der Waals surface area contributed by atoms with Crippen molar-refractivity contribution in [3.8, 4) is 0 Å². The number of fused-ring (bicyclic) bond motifs is 1. The Labute approximate surface area is 119 Å². The number of methoxy groups -OCH3 is 1. The van der Waals surface area contributed by atoms with Gasteiger partial charge in [-0.2, -0.15) is 0 Å². The van der Waals surface area contributed by atoms with E-state index in [4.69, 9.17) is 4.74 Å². The molecule has 1 atom stereocenters. The largest absolute Gasteiger partial charge is 0.377 e. The summed E-state index contributed by atoms with van der Waals surface area (Å²) in [5, 5.41) is 7.21. The molecule has 19 heavy (non-hydrogen) atoms. The first-order valence-corrected chi connectivity index (χ1v) is 7.70. The van der Waals surface area contributed by atoms with Gasteiger partial charge in [0.25, 0.3) is 0 Å². The molecule has 1 aromatic carbocycles. The molecule has 0 aliphatic rings. The van der Waals surface area contributed by atoms with Crippen molar-refractivity contribution >= 4 is 21.4 Å². The zero-order valence-corrected chi connectivity index (χ0v) is 13.0. The van der Waals surface area contributed by atoms with E-state index >= 15 is 0 Å².